The summed E-state index contributed by atoms with van der Waals surface area (Å²) < 4.78 is 35.1. The average Bonchev–Trinajstić information content (AvgIpc) is 3.55. The molecule has 0 atom stereocenters. The zero-order valence-corrected chi connectivity index (χ0v) is 19.8. The van der Waals surface area contributed by atoms with Crippen LogP contribution in [0.1, 0.15) is 43.5 Å². The number of alkyl halides is 2. The topological polar surface area (TPSA) is 81.0 Å². The number of nitrogens with one attached hydrogen (secondary N) is 1. The predicted molar refractivity (Wildman–Crippen MR) is 133 cm³/mol. The van der Waals surface area contributed by atoms with Gasteiger partial charge in [0.15, 0.2) is 5.82 Å². The molecule has 0 spiro atoms. The molecular formula is C26H27F2N7O. The molecule has 2 aromatic heterocycles. The van der Waals surface area contributed by atoms with Gasteiger partial charge in [0.2, 0.25) is 17.8 Å². The summed E-state index contributed by atoms with van der Waals surface area (Å²) >= 11 is 0. The number of ether oxygens (including phenoxy) is 1. The Labute approximate surface area is 207 Å². The molecule has 3 heterocycles. The standard InChI is InChI=1S/C26H27F2N7O/c27-21(28)22-29-19-10-4-5-11-20(19)35(22)25-31-23(30-24(32-25)34-14-16-36-17-15-34)33-26(12-6-7-13-26)18-8-2-1-3-9-18/h1-5,8-11,21H,6-7,12-17H2,(H,30,31,32,33). The van der Waals surface area contributed by atoms with E-state index in [-0.39, 0.29) is 17.3 Å². The van der Waals surface area contributed by atoms with Crippen LogP contribution in [0.2, 0.25) is 0 Å². The molecule has 4 aromatic rings. The normalized spacial score (nSPS) is 17.7. The van der Waals surface area contributed by atoms with Crippen molar-refractivity contribution in [2.75, 3.05) is 36.5 Å². The summed E-state index contributed by atoms with van der Waals surface area (Å²) in [6.07, 6.45) is 1.24. The lowest BCUT2D eigenvalue weighted by molar-refractivity contribution is 0.122. The molecule has 1 aliphatic heterocycles. The maximum atomic E-state index is 14.1. The van der Waals surface area contributed by atoms with E-state index in [9.17, 15) is 8.78 Å². The lowest BCUT2D eigenvalue weighted by Gasteiger charge is -2.32. The van der Waals surface area contributed by atoms with Crippen LogP contribution in [-0.4, -0.2) is 50.8 Å². The lowest BCUT2D eigenvalue weighted by Crippen LogP contribution is -2.38. The van der Waals surface area contributed by atoms with Crippen LogP contribution in [-0.2, 0) is 10.3 Å². The molecule has 8 nitrogen and oxygen atoms in total. The number of morpholine rings is 1. The van der Waals surface area contributed by atoms with Crippen LogP contribution in [0.5, 0.6) is 0 Å². The quantitative estimate of drug-likeness (QED) is 0.412. The summed E-state index contributed by atoms with van der Waals surface area (Å²) in [5.74, 6) is 0.536. The summed E-state index contributed by atoms with van der Waals surface area (Å²) in [7, 11) is 0. The van der Waals surface area contributed by atoms with Gasteiger partial charge < -0.3 is 15.0 Å². The van der Waals surface area contributed by atoms with Crippen LogP contribution in [0.3, 0.4) is 0 Å². The second-order valence-corrected chi connectivity index (χ2v) is 9.23. The van der Waals surface area contributed by atoms with Gasteiger partial charge in [-0.3, -0.25) is 4.57 Å². The number of imidazole rings is 1. The fourth-order valence-corrected chi connectivity index (χ4v) is 5.25. The van der Waals surface area contributed by atoms with Crippen molar-refractivity contribution >= 4 is 22.9 Å². The predicted octanol–water partition coefficient (Wildman–Crippen LogP) is 4.87. The summed E-state index contributed by atoms with van der Waals surface area (Å²) in [4.78, 5) is 20.3. The van der Waals surface area contributed by atoms with E-state index in [0.717, 1.165) is 25.7 Å². The first-order valence-corrected chi connectivity index (χ1v) is 12.3. The van der Waals surface area contributed by atoms with E-state index in [0.29, 0.717) is 49.2 Å². The molecule has 0 amide bonds. The third-order valence-electron chi connectivity index (χ3n) is 7.02. The number of para-hydroxylation sites is 2. The second kappa shape index (κ2) is 9.42. The van der Waals surface area contributed by atoms with Crippen molar-refractivity contribution in [3.63, 3.8) is 0 Å². The molecule has 0 bridgehead atoms. The van der Waals surface area contributed by atoms with E-state index >= 15 is 0 Å². The first kappa shape index (κ1) is 22.8. The van der Waals surface area contributed by atoms with E-state index in [2.05, 4.69) is 27.4 Å². The molecule has 0 unspecified atom stereocenters. The summed E-state index contributed by atoms with van der Waals surface area (Å²) in [5.41, 5.74) is 1.83. The van der Waals surface area contributed by atoms with E-state index in [4.69, 9.17) is 14.7 Å². The Kier molecular flexibility index (Phi) is 5.96. The summed E-state index contributed by atoms with van der Waals surface area (Å²) in [5, 5.41) is 3.61. The Hall–Kier alpha value is -3.66. The molecule has 36 heavy (non-hydrogen) atoms. The van der Waals surface area contributed by atoms with Crippen LogP contribution in [0.25, 0.3) is 17.0 Å². The Morgan fingerprint density at radius 2 is 1.53 bits per heavy atom. The first-order valence-electron chi connectivity index (χ1n) is 12.3. The highest BCUT2D eigenvalue weighted by molar-refractivity contribution is 5.77. The second-order valence-electron chi connectivity index (χ2n) is 9.23. The van der Waals surface area contributed by atoms with Crippen molar-refractivity contribution in [3.8, 4) is 5.95 Å². The third-order valence-corrected chi connectivity index (χ3v) is 7.02. The number of anilines is 2. The molecular weight excluding hydrogens is 464 g/mol. The Morgan fingerprint density at radius 1 is 0.833 bits per heavy atom. The van der Waals surface area contributed by atoms with Crippen molar-refractivity contribution in [1.82, 2.24) is 24.5 Å². The monoisotopic (exact) mass is 491 g/mol. The highest BCUT2D eigenvalue weighted by atomic mass is 19.3. The van der Waals surface area contributed by atoms with Gasteiger partial charge in [0.25, 0.3) is 6.43 Å². The van der Waals surface area contributed by atoms with E-state index in [1.54, 1.807) is 24.3 Å². The van der Waals surface area contributed by atoms with Crippen molar-refractivity contribution in [2.24, 2.45) is 0 Å². The SMILES string of the molecule is FC(F)c1nc2ccccc2n1-c1nc(NC2(c3ccccc3)CCCC2)nc(N2CCOCC2)n1. The molecule has 2 aliphatic rings. The molecule has 6 rings (SSSR count). The van der Waals surface area contributed by atoms with Crippen molar-refractivity contribution in [3.05, 3.63) is 66.0 Å². The smallest absolute Gasteiger partial charge is 0.296 e. The number of fused-ring (bicyclic) bond motifs is 1. The number of benzene rings is 2. The van der Waals surface area contributed by atoms with E-state index in [1.807, 2.05) is 23.1 Å². The minimum atomic E-state index is -2.79. The fraction of sp³-hybridized carbons (Fsp3) is 0.385. The number of aromatic nitrogens is 5. The lowest BCUT2D eigenvalue weighted by atomic mass is 9.88. The molecule has 2 aromatic carbocycles. The molecule has 1 aliphatic carbocycles. The highest BCUT2D eigenvalue weighted by Gasteiger charge is 2.37. The van der Waals surface area contributed by atoms with Crippen LogP contribution < -0.4 is 10.2 Å². The third kappa shape index (κ3) is 4.15. The average molecular weight is 492 g/mol. The maximum Gasteiger partial charge on any atom is 0.296 e. The van der Waals surface area contributed by atoms with Gasteiger partial charge in [-0.2, -0.15) is 15.0 Å². The van der Waals surface area contributed by atoms with Gasteiger partial charge in [-0.05, 0) is 30.5 Å². The van der Waals surface area contributed by atoms with Gasteiger partial charge in [0, 0.05) is 13.1 Å². The Bertz CT molecular complexity index is 1350. The van der Waals surface area contributed by atoms with Gasteiger partial charge >= 0.3 is 0 Å². The Balaban J connectivity index is 1.50. The van der Waals surface area contributed by atoms with Gasteiger partial charge in [-0.25, -0.2) is 13.8 Å². The number of hydrogen-bond acceptors (Lipinski definition) is 7. The van der Waals surface area contributed by atoms with Crippen molar-refractivity contribution in [1.29, 1.82) is 0 Å². The van der Waals surface area contributed by atoms with Crippen molar-refractivity contribution in [2.45, 2.75) is 37.6 Å². The summed E-state index contributed by atoms with van der Waals surface area (Å²) in [6, 6.07) is 17.3. The van der Waals surface area contributed by atoms with Gasteiger partial charge in [-0.1, -0.05) is 55.3 Å². The zero-order chi connectivity index (χ0) is 24.5. The van der Waals surface area contributed by atoms with Gasteiger partial charge in [0.1, 0.15) is 0 Å². The van der Waals surface area contributed by atoms with Gasteiger partial charge in [0.05, 0.1) is 29.8 Å². The maximum absolute atomic E-state index is 14.1. The van der Waals surface area contributed by atoms with E-state index < -0.39 is 6.43 Å². The summed E-state index contributed by atoms with van der Waals surface area (Å²) in [6.45, 7) is 2.32. The fourth-order valence-electron chi connectivity index (χ4n) is 5.25. The number of halogens is 2. The zero-order valence-electron chi connectivity index (χ0n) is 19.8. The van der Waals surface area contributed by atoms with Crippen LogP contribution >= 0.6 is 0 Å². The number of rotatable bonds is 6. The van der Waals surface area contributed by atoms with E-state index in [1.165, 1.54) is 10.1 Å². The number of hydrogen-bond donors (Lipinski definition) is 1. The van der Waals surface area contributed by atoms with Crippen LogP contribution in [0.15, 0.2) is 54.6 Å². The first-order chi connectivity index (χ1) is 17.6. The molecule has 0 radical (unpaired) electrons. The minimum absolute atomic E-state index is 0.124. The molecule has 1 saturated heterocycles. The Morgan fingerprint density at radius 3 is 2.28 bits per heavy atom. The molecule has 1 N–H and O–H groups in total. The largest absolute Gasteiger partial charge is 0.378 e. The number of nitrogens with zero attached hydrogens (tertiary/aromatic N) is 6. The molecule has 186 valence electrons. The van der Waals surface area contributed by atoms with Gasteiger partial charge in [-0.15, -0.1) is 0 Å². The van der Waals surface area contributed by atoms with Crippen LogP contribution in [0.4, 0.5) is 20.7 Å². The van der Waals surface area contributed by atoms with Crippen LogP contribution in [0, 0.1) is 0 Å². The molecule has 1 saturated carbocycles. The molecule has 2 fully saturated rings. The highest BCUT2D eigenvalue weighted by Crippen LogP contribution is 2.41. The van der Waals surface area contributed by atoms with Crippen molar-refractivity contribution < 1.29 is 13.5 Å². The molecule has 10 heteroatoms. The minimum Gasteiger partial charge on any atom is -0.378 e.